The molecule has 0 unspecified atom stereocenters. The van der Waals surface area contributed by atoms with E-state index in [1.54, 1.807) is 0 Å². The summed E-state index contributed by atoms with van der Waals surface area (Å²) in [5.41, 5.74) is 4.11. The van der Waals surface area contributed by atoms with Gasteiger partial charge in [-0.1, -0.05) is 37.3 Å². The summed E-state index contributed by atoms with van der Waals surface area (Å²) in [4.78, 5) is 5.04. The van der Waals surface area contributed by atoms with Crippen molar-refractivity contribution in [2.24, 2.45) is 0 Å². The summed E-state index contributed by atoms with van der Waals surface area (Å²) in [5, 5.41) is 4.54. The van der Waals surface area contributed by atoms with Crippen molar-refractivity contribution in [2.45, 2.75) is 39.4 Å². The summed E-state index contributed by atoms with van der Waals surface area (Å²) >= 11 is 0. The third-order valence-corrected chi connectivity index (χ3v) is 4.95. The van der Waals surface area contributed by atoms with Crippen LogP contribution in [0.25, 0.3) is 0 Å². The van der Waals surface area contributed by atoms with Gasteiger partial charge in [0.1, 0.15) is 0 Å². The Morgan fingerprint density at radius 2 is 1.96 bits per heavy atom. The van der Waals surface area contributed by atoms with E-state index in [4.69, 9.17) is 0 Å². The number of aromatic nitrogens is 2. The van der Waals surface area contributed by atoms with Gasteiger partial charge in [0.15, 0.2) is 0 Å². The number of hydrogen-bond acceptors (Lipinski definition) is 3. The lowest BCUT2D eigenvalue weighted by atomic mass is 10.0. The molecule has 2 heterocycles. The van der Waals surface area contributed by atoms with Crippen LogP contribution in [0.5, 0.6) is 0 Å². The number of nitrogens with zero attached hydrogens (tertiary/aromatic N) is 4. The summed E-state index contributed by atoms with van der Waals surface area (Å²) in [6.07, 6.45) is 3.19. The molecule has 0 bridgehead atoms. The molecule has 124 valence electrons. The lowest BCUT2D eigenvalue weighted by Gasteiger charge is -2.39. The van der Waals surface area contributed by atoms with Gasteiger partial charge in [0.25, 0.3) is 0 Å². The van der Waals surface area contributed by atoms with Crippen LogP contribution >= 0.6 is 0 Å². The van der Waals surface area contributed by atoms with Crippen LogP contribution in [0.1, 0.15) is 36.2 Å². The van der Waals surface area contributed by atoms with E-state index in [1.807, 2.05) is 0 Å². The molecule has 4 nitrogen and oxygen atoms in total. The maximum absolute atomic E-state index is 4.54. The van der Waals surface area contributed by atoms with Gasteiger partial charge in [-0.2, -0.15) is 5.10 Å². The number of rotatable bonds is 5. The van der Waals surface area contributed by atoms with Crippen LogP contribution in [0, 0.1) is 6.92 Å². The summed E-state index contributed by atoms with van der Waals surface area (Å²) in [5.74, 6) is 0. The van der Waals surface area contributed by atoms with E-state index in [0.29, 0.717) is 6.04 Å². The van der Waals surface area contributed by atoms with Gasteiger partial charge < -0.3 is 0 Å². The van der Waals surface area contributed by atoms with E-state index in [-0.39, 0.29) is 0 Å². The highest BCUT2D eigenvalue weighted by Gasteiger charge is 2.26. The van der Waals surface area contributed by atoms with Crippen LogP contribution < -0.4 is 0 Å². The number of hydrogen-bond donors (Lipinski definition) is 0. The molecule has 0 spiro atoms. The summed E-state index contributed by atoms with van der Waals surface area (Å²) in [6.45, 7) is 9.74. The zero-order chi connectivity index (χ0) is 16.2. The SMILES string of the molecule is CCCn1ncc(CN2CCN(C)[C@H](c3ccccc3)C2)c1C. The zero-order valence-electron chi connectivity index (χ0n) is 14.6. The van der Waals surface area contributed by atoms with Crippen LogP contribution in [0.3, 0.4) is 0 Å². The third kappa shape index (κ3) is 3.65. The van der Waals surface area contributed by atoms with E-state index < -0.39 is 0 Å². The molecule has 2 aromatic rings. The molecule has 1 saturated heterocycles. The van der Waals surface area contributed by atoms with Crippen molar-refractivity contribution in [2.75, 3.05) is 26.7 Å². The Kier molecular flexibility index (Phi) is 5.13. The van der Waals surface area contributed by atoms with Gasteiger partial charge >= 0.3 is 0 Å². The molecule has 1 fully saturated rings. The minimum atomic E-state index is 0.482. The van der Waals surface area contributed by atoms with Crippen molar-refractivity contribution >= 4 is 0 Å². The molecule has 0 amide bonds. The number of piperazine rings is 1. The first-order chi connectivity index (χ1) is 11.2. The quantitative estimate of drug-likeness (QED) is 0.848. The maximum atomic E-state index is 4.54. The Morgan fingerprint density at radius 3 is 2.70 bits per heavy atom. The lowest BCUT2D eigenvalue weighted by molar-refractivity contribution is 0.0903. The van der Waals surface area contributed by atoms with Gasteiger partial charge in [-0.3, -0.25) is 14.5 Å². The Hall–Kier alpha value is -1.65. The fourth-order valence-corrected chi connectivity index (χ4v) is 3.43. The second-order valence-electron chi connectivity index (χ2n) is 6.62. The predicted octanol–water partition coefficient (Wildman–Crippen LogP) is 3.09. The molecule has 0 saturated carbocycles. The highest BCUT2D eigenvalue weighted by Crippen LogP contribution is 2.25. The number of benzene rings is 1. The molecule has 3 rings (SSSR count). The van der Waals surface area contributed by atoms with Gasteiger partial charge in [0.05, 0.1) is 6.20 Å². The fourth-order valence-electron chi connectivity index (χ4n) is 3.43. The van der Waals surface area contributed by atoms with E-state index in [2.05, 4.69) is 77.0 Å². The van der Waals surface area contributed by atoms with Crippen molar-refractivity contribution < 1.29 is 0 Å². The minimum absolute atomic E-state index is 0.482. The summed E-state index contributed by atoms with van der Waals surface area (Å²) < 4.78 is 2.14. The molecule has 23 heavy (non-hydrogen) atoms. The van der Waals surface area contributed by atoms with Crippen molar-refractivity contribution in [3.05, 3.63) is 53.3 Å². The first kappa shape index (κ1) is 16.2. The van der Waals surface area contributed by atoms with Gasteiger partial charge in [-0.25, -0.2) is 0 Å². The van der Waals surface area contributed by atoms with Crippen molar-refractivity contribution in [1.29, 1.82) is 0 Å². The van der Waals surface area contributed by atoms with Gasteiger partial charge in [-0.15, -0.1) is 0 Å². The van der Waals surface area contributed by atoms with Crippen LogP contribution in [0.4, 0.5) is 0 Å². The van der Waals surface area contributed by atoms with Crippen molar-refractivity contribution in [3.63, 3.8) is 0 Å². The maximum Gasteiger partial charge on any atom is 0.0537 e. The first-order valence-electron chi connectivity index (χ1n) is 8.68. The monoisotopic (exact) mass is 312 g/mol. The topological polar surface area (TPSA) is 24.3 Å². The van der Waals surface area contributed by atoms with Gasteiger partial charge in [-0.05, 0) is 26.0 Å². The molecule has 4 heteroatoms. The fraction of sp³-hybridized carbons (Fsp3) is 0.526. The van der Waals surface area contributed by atoms with Crippen LogP contribution in [0.2, 0.25) is 0 Å². The van der Waals surface area contributed by atoms with E-state index >= 15 is 0 Å². The highest BCUT2D eigenvalue weighted by molar-refractivity contribution is 5.21. The predicted molar refractivity (Wildman–Crippen MR) is 94.3 cm³/mol. The van der Waals surface area contributed by atoms with E-state index in [9.17, 15) is 0 Å². The molecule has 1 atom stereocenters. The van der Waals surface area contributed by atoms with E-state index in [0.717, 1.165) is 39.1 Å². The summed E-state index contributed by atoms with van der Waals surface area (Å²) in [7, 11) is 2.24. The molecule has 1 aromatic heterocycles. The van der Waals surface area contributed by atoms with Gasteiger partial charge in [0.2, 0.25) is 0 Å². The van der Waals surface area contributed by atoms with Crippen LogP contribution in [-0.4, -0.2) is 46.3 Å². The molecule has 1 aliphatic rings. The second-order valence-corrected chi connectivity index (χ2v) is 6.62. The molecular weight excluding hydrogens is 284 g/mol. The lowest BCUT2D eigenvalue weighted by Crippen LogP contribution is -2.46. The Morgan fingerprint density at radius 1 is 1.17 bits per heavy atom. The average Bonchev–Trinajstić information content (AvgIpc) is 2.91. The average molecular weight is 312 g/mol. The smallest absolute Gasteiger partial charge is 0.0537 e. The standard InChI is InChI=1S/C19H28N4/c1-4-10-23-16(2)18(13-20-23)14-22-12-11-21(3)19(15-22)17-8-6-5-7-9-17/h5-9,13,19H,4,10-12,14-15H2,1-3H3/t19-/m0/s1. The van der Waals surface area contributed by atoms with E-state index in [1.165, 1.54) is 16.8 Å². The molecule has 1 aromatic carbocycles. The first-order valence-corrected chi connectivity index (χ1v) is 8.68. The van der Waals surface area contributed by atoms with Crippen LogP contribution in [-0.2, 0) is 13.1 Å². The largest absolute Gasteiger partial charge is 0.297 e. The molecule has 0 aliphatic carbocycles. The Bertz CT molecular complexity index is 620. The minimum Gasteiger partial charge on any atom is -0.297 e. The summed E-state index contributed by atoms with van der Waals surface area (Å²) in [6, 6.07) is 11.3. The third-order valence-electron chi connectivity index (χ3n) is 4.95. The van der Waals surface area contributed by atoms with Gasteiger partial charge in [0, 0.05) is 50.0 Å². The Balaban J connectivity index is 1.69. The van der Waals surface area contributed by atoms with Crippen molar-refractivity contribution in [3.8, 4) is 0 Å². The highest BCUT2D eigenvalue weighted by atomic mass is 15.3. The second kappa shape index (κ2) is 7.28. The Labute approximate surface area is 139 Å². The number of aryl methyl sites for hydroxylation is 1. The molecular formula is C19H28N4. The zero-order valence-corrected chi connectivity index (χ0v) is 14.6. The van der Waals surface area contributed by atoms with Crippen molar-refractivity contribution in [1.82, 2.24) is 19.6 Å². The van der Waals surface area contributed by atoms with Crippen LogP contribution in [0.15, 0.2) is 36.5 Å². The molecule has 0 radical (unpaired) electrons. The normalized spacial score (nSPS) is 20.0. The molecule has 1 aliphatic heterocycles. The number of likely N-dealkylation sites (N-methyl/N-ethyl adjacent to an activating group) is 1. The molecule has 0 N–H and O–H groups in total.